The first-order valence-electron chi connectivity index (χ1n) is 12.3. The zero-order chi connectivity index (χ0) is 25.6. The van der Waals surface area contributed by atoms with Gasteiger partial charge in [-0.15, -0.1) is 12.6 Å². The van der Waals surface area contributed by atoms with E-state index in [2.05, 4.69) is 58.3 Å². The molecule has 0 aromatic heterocycles. The van der Waals surface area contributed by atoms with Crippen molar-refractivity contribution in [3.63, 3.8) is 0 Å². The number of benzene rings is 2. The number of amides is 1. The molecule has 0 saturated carbocycles. The third-order valence-electron chi connectivity index (χ3n) is 7.23. The van der Waals surface area contributed by atoms with E-state index in [1.54, 1.807) is 12.2 Å². The summed E-state index contributed by atoms with van der Waals surface area (Å²) in [6.07, 6.45) is 7.47. The summed E-state index contributed by atoms with van der Waals surface area (Å²) in [5.41, 5.74) is 5.20. The van der Waals surface area contributed by atoms with Crippen LogP contribution in [0.3, 0.4) is 0 Å². The van der Waals surface area contributed by atoms with E-state index in [0.717, 1.165) is 18.4 Å². The average molecular weight is 492 g/mol. The third-order valence-corrected chi connectivity index (χ3v) is 7.54. The third kappa shape index (κ3) is 6.66. The Labute approximate surface area is 215 Å². The average Bonchev–Trinajstić information content (AvgIpc) is 2.82. The van der Waals surface area contributed by atoms with Gasteiger partial charge < -0.3 is 10.1 Å². The van der Waals surface area contributed by atoms with E-state index in [4.69, 9.17) is 4.74 Å². The Morgan fingerprint density at radius 3 is 2.46 bits per heavy atom. The van der Waals surface area contributed by atoms with Crippen molar-refractivity contribution in [3.8, 4) is 0 Å². The molecule has 1 amide bonds. The van der Waals surface area contributed by atoms with Crippen LogP contribution in [0.25, 0.3) is 0 Å². The van der Waals surface area contributed by atoms with Crippen molar-refractivity contribution >= 4 is 30.2 Å². The summed E-state index contributed by atoms with van der Waals surface area (Å²) in [4.78, 5) is 25.5. The smallest absolute Gasteiger partial charge is 0.338 e. The van der Waals surface area contributed by atoms with Crippen LogP contribution in [-0.2, 0) is 26.8 Å². The lowest BCUT2D eigenvalue weighted by Gasteiger charge is -2.43. The van der Waals surface area contributed by atoms with E-state index in [0.29, 0.717) is 29.2 Å². The van der Waals surface area contributed by atoms with Gasteiger partial charge >= 0.3 is 5.97 Å². The summed E-state index contributed by atoms with van der Waals surface area (Å²) >= 11 is 4.25. The van der Waals surface area contributed by atoms with E-state index in [1.165, 1.54) is 17.5 Å². The van der Waals surface area contributed by atoms with Crippen LogP contribution in [-0.4, -0.2) is 18.5 Å². The molecule has 35 heavy (non-hydrogen) atoms. The normalized spacial score (nSPS) is 18.9. The number of rotatable bonds is 9. The van der Waals surface area contributed by atoms with E-state index in [-0.39, 0.29) is 29.1 Å². The first-order chi connectivity index (χ1) is 16.6. The van der Waals surface area contributed by atoms with Crippen molar-refractivity contribution in [2.24, 2.45) is 0 Å². The molecule has 1 aliphatic carbocycles. The molecule has 0 heterocycles. The molecule has 1 atom stereocenters. The number of hydrogen-bond donors (Lipinski definition) is 2. The van der Waals surface area contributed by atoms with Gasteiger partial charge in [-0.25, -0.2) is 4.79 Å². The molecule has 0 radical (unpaired) electrons. The zero-order valence-corrected chi connectivity index (χ0v) is 22.2. The second-order valence-electron chi connectivity index (χ2n) is 10.3. The maximum Gasteiger partial charge on any atom is 0.338 e. The monoisotopic (exact) mass is 491 g/mol. The number of allylic oxidation sites excluding steroid dienone is 2. The van der Waals surface area contributed by atoms with E-state index >= 15 is 0 Å². The number of anilines is 1. The highest BCUT2D eigenvalue weighted by Gasteiger charge is 2.39. The van der Waals surface area contributed by atoms with Gasteiger partial charge in [-0.3, -0.25) is 4.79 Å². The summed E-state index contributed by atoms with van der Waals surface area (Å²) in [6, 6.07) is 13.6. The lowest BCUT2D eigenvalue weighted by molar-refractivity contribution is -0.115. The molecule has 2 aromatic carbocycles. The van der Waals surface area contributed by atoms with Gasteiger partial charge in [0.1, 0.15) is 0 Å². The number of esters is 1. The van der Waals surface area contributed by atoms with Crippen molar-refractivity contribution in [1.29, 1.82) is 0 Å². The van der Waals surface area contributed by atoms with Gasteiger partial charge in [0.05, 0.1) is 18.6 Å². The summed E-state index contributed by atoms with van der Waals surface area (Å²) in [5, 5.41) is 2.85. The van der Waals surface area contributed by atoms with Gasteiger partial charge in [-0.05, 0) is 76.0 Å². The topological polar surface area (TPSA) is 55.4 Å². The molecular formula is C30H37NO3S. The maximum atomic E-state index is 12.8. The summed E-state index contributed by atoms with van der Waals surface area (Å²) < 4.78 is 5.60. The number of thiol groups is 1. The number of carbonyl (C=O) groups is 2. The second-order valence-corrected chi connectivity index (χ2v) is 10.8. The summed E-state index contributed by atoms with van der Waals surface area (Å²) in [6.45, 7) is 13.0. The molecule has 1 N–H and O–H groups in total. The van der Waals surface area contributed by atoms with Crippen molar-refractivity contribution in [3.05, 3.63) is 88.4 Å². The molecule has 5 heteroatoms. The number of ether oxygens (including phenoxy) is 1. The van der Waals surface area contributed by atoms with Gasteiger partial charge in [-0.2, -0.15) is 0 Å². The lowest BCUT2D eigenvalue weighted by atomic mass is 9.61. The minimum Gasteiger partial charge on any atom is -0.462 e. The fraction of sp³-hybridized carbons (Fsp3) is 0.400. The SMILES string of the molecule is C=C/C=C(\S)CC(=O)Nc1ccc(CCOC(=O)c2ccc3c(c2)C(C)(C)CCC3(C)CC)cc1. The quantitative estimate of drug-likeness (QED) is 0.222. The first kappa shape index (κ1) is 26.8. The largest absolute Gasteiger partial charge is 0.462 e. The summed E-state index contributed by atoms with van der Waals surface area (Å²) in [5.74, 6) is -0.423. The van der Waals surface area contributed by atoms with Gasteiger partial charge in [0.2, 0.25) is 5.91 Å². The molecule has 0 spiro atoms. The molecule has 2 aromatic rings. The van der Waals surface area contributed by atoms with Crippen LogP contribution in [0.4, 0.5) is 5.69 Å². The minimum absolute atomic E-state index is 0.0494. The number of carbonyl (C=O) groups excluding carboxylic acids is 2. The molecule has 1 aliphatic rings. The molecule has 4 nitrogen and oxygen atoms in total. The van der Waals surface area contributed by atoms with Crippen molar-refractivity contribution in [2.75, 3.05) is 11.9 Å². The van der Waals surface area contributed by atoms with Gasteiger partial charge in [0, 0.05) is 12.1 Å². The molecular weight excluding hydrogens is 454 g/mol. The molecule has 3 rings (SSSR count). The van der Waals surface area contributed by atoms with Crippen LogP contribution in [0, 0.1) is 0 Å². The fourth-order valence-corrected chi connectivity index (χ4v) is 4.90. The Balaban J connectivity index is 1.57. The van der Waals surface area contributed by atoms with Crippen molar-refractivity contribution in [1.82, 2.24) is 0 Å². The zero-order valence-electron chi connectivity index (χ0n) is 21.3. The number of hydrogen-bond acceptors (Lipinski definition) is 4. The lowest BCUT2D eigenvalue weighted by Crippen LogP contribution is -2.35. The molecule has 0 bridgehead atoms. The predicted molar refractivity (Wildman–Crippen MR) is 147 cm³/mol. The highest BCUT2D eigenvalue weighted by molar-refractivity contribution is 7.84. The van der Waals surface area contributed by atoms with E-state index in [9.17, 15) is 9.59 Å². The highest BCUT2D eigenvalue weighted by atomic mass is 32.1. The van der Waals surface area contributed by atoms with Gasteiger partial charge in [-0.1, -0.05) is 64.6 Å². The maximum absolute atomic E-state index is 12.8. The van der Waals surface area contributed by atoms with Crippen LogP contribution in [0.1, 0.15) is 80.4 Å². The van der Waals surface area contributed by atoms with Gasteiger partial charge in [0.15, 0.2) is 0 Å². The second kappa shape index (κ2) is 11.3. The van der Waals surface area contributed by atoms with Crippen LogP contribution < -0.4 is 5.32 Å². The molecule has 186 valence electrons. The molecule has 0 aliphatic heterocycles. The highest BCUT2D eigenvalue weighted by Crippen LogP contribution is 2.47. The van der Waals surface area contributed by atoms with Crippen LogP contribution in [0.2, 0.25) is 0 Å². The van der Waals surface area contributed by atoms with E-state index < -0.39 is 0 Å². The Hall–Kier alpha value is -2.79. The Kier molecular flexibility index (Phi) is 8.65. The van der Waals surface area contributed by atoms with Crippen molar-refractivity contribution in [2.45, 2.75) is 70.6 Å². The molecule has 0 fully saturated rings. The van der Waals surface area contributed by atoms with Crippen LogP contribution in [0.5, 0.6) is 0 Å². The predicted octanol–water partition coefficient (Wildman–Crippen LogP) is 7.15. The van der Waals surface area contributed by atoms with Crippen LogP contribution in [0.15, 0.2) is 66.1 Å². The first-order valence-corrected chi connectivity index (χ1v) is 12.7. The Morgan fingerprint density at radius 2 is 1.80 bits per heavy atom. The standard InChI is InChI=1S/C30H37NO3S/c1-6-8-24(35)20-27(32)31-23-12-9-21(10-13-23)15-18-34-28(33)22-11-14-25-26(19-22)29(3,4)16-17-30(25,5)7-2/h6,8-14,19,35H,1,7,15-18,20H2,2-5H3,(H,31,32)/b24-8-. The van der Waals surface area contributed by atoms with E-state index in [1.807, 2.05) is 36.4 Å². The fourth-order valence-electron chi connectivity index (χ4n) is 4.65. The molecule has 1 unspecified atom stereocenters. The minimum atomic E-state index is -0.286. The Bertz CT molecular complexity index is 1120. The molecule has 0 saturated heterocycles. The summed E-state index contributed by atoms with van der Waals surface area (Å²) in [7, 11) is 0. The van der Waals surface area contributed by atoms with Crippen LogP contribution >= 0.6 is 12.6 Å². The van der Waals surface area contributed by atoms with Crippen molar-refractivity contribution < 1.29 is 14.3 Å². The van der Waals surface area contributed by atoms with Gasteiger partial charge in [0.25, 0.3) is 0 Å². The number of nitrogens with one attached hydrogen (secondary N) is 1. The Morgan fingerprint density at radius 1 is 1.09 bits per heavy atom. The number of fused-ring (bicyclic) bond motifs is 1.